The van der Waals surface area contributed by atoms with Gasteiger partial charge in [-0.25, -0.2) is 9.97 Å². The first-order chi connectivity index (χ1) is 8.65. The molecule has 1 aromatic carbocycles. The van der Waals surface area contributed by atoms with Crippen LogP contribution in [0.5, 0.6) is 0 Å². The molecule has 0 saturated heterocycles. The maximum atomic E-state index is 6.03. The zero-order valence-electron chi connectivity index (χ0n) is 9.11. The van der Waals surface area contributed by atoms with Gasteiger partial charge in [0.25, 0.3) is 0 Å². The predicted molar refractivity (Wildman–Crippen MR) is 73.8 cm³/mol. The van der Waals surface area contributed by atoms with Crippen molar-refractivity contribution in [1.29, 1.82) is 0 Å². The number of rotatable bonds is 1. The van der Waals surface area contributed by atoms with Crippen molar-refractivity contribution in [3.63, 3.8) is 0 Å². The van der Waals surface area contributed by atoms with Crippen LogP contribution in [0.4, 0.5) is 5.95 Å². The summed E-state index contributed by atoms with van der Waals surface area (Å²) in [6.45, 7) is 0. The Morgan fingerprint density at radius 2 is 1.94 bits per heavy atom. The van der Waals surface area contributed by atoms with Gasteiger partial charge in [-0.1, -0.05) is 23.2 Å². The lowest BCUT2D eigenvalue weighted by molar-refractivity contribution is 1.19. The highest BCUT2D eigenvalue weighted by Crippen LogP contribution is 2.33. The molecule has 0 aliphatic carbocycles. The van der Waals surface area contributed by atoms with Crippen LogP contribution in [-0.2, 0) is 0 Å². The number of H-pyrrole nitrogens is 1. The molecule has 0 radical (unpaired) electrons. The van der Waals surface area contributed by atoms with Crippen LogP contribution in [0.15, 0.2) is 30.6 Å². The molecule has 0 unspecified atom stereocenters. The minimum absolute atomic E-state index is 0.238. The lowest BCUT2D eigenvalue weighted by Gasteiger charge is -2.01. The van der Waals surface area contributed by atoms with Gasteiger partial charge < -0.3 is 10.7 Å². The number of nitrogen functional groups attached to an aromatic ring is 1. The second-order valence-electron chi connectivity index (χ2n) is 3.81. The second-order valence-corrected chi connectivity index (χ2v) is 4.63. The zero-order chi connectivity index (χ0) is 12.7. The average molecular weight is 279 g/mol. The topological polar surface area (TPSA) is 67.6 Å². The average Bonchev–Trinajstić information content (AvgIpc) is 2.73. The highest BCUT2D eigenvalue weighted by Gasteiger charge is 2.10. The monoisotopic (exact) mass is 278 g/mol. The van der Waals surface area contributed by atoms with E-state index < -0.39 is 0 Å². The minimum atomic E-state index is 0.238. The number of aromatic nitrogens is 3. The van der Waals surface area contributed by atoms with Gasteiger partial charge in [0.2, 0.25) is 5.95 Å². The SMILES string of the molecule is Nc1nccc(-c2c[nH]c3cc(Cl)c(Cl)cc23)n1. The Morgan fingerprint density at radius 1 is 1.17 bits per heavy atom. The number of hydrogen-bond acceptors (Lipinski definition) is 3. The van der Waals surface area contributed by atoms with Crippen LogP contribution in [0, 0.1) is 0 Å². The third-order valence-electron chi connectivity index (χ3n) is 2.67. The van der Waals surface area contributed by atoms with Crippen LogP contribution in [0.2, 0.25) is 10.0 Å². The molecule has 3 rings (SSSR count). The largest absolute Gasteiger partial charge is 0.368 e. The summed E-state index contributed by atoms with van der Waals surface area (Å²) in [4.78, 5) is 11.2. The van der Waals surface area contributed by atoms with Crippen molar-refractivity contribution in [3.05, 3.63) is 40.6 Å². The van der Waals surface area contributed by atoms with E-state index in [4.69, 9.17) is 28.9 Å². The number of nitrogens with two attached hydrogens (primary N) is 1. The van der Waals surface area contributed by atoms with Crippen molar-refractivity contribution in [3.8, 4) is 11.3 Å². The summed E-state index contributed by atoms with van der Waals surface area (Å²) in [6, 6.07) is 5.39. The first kappa shape index (κ1) is 11.3. The molecular weight excluding hydrogens is 271 g/mol. The lowest BCUT2D eigenvalue weighted by atomic mass is 10.1. The second kappa shape index (κ2) is 4.15. The summed E-state index contributed by atoms with van der Waals surface area (Å²) in [5.41, 5.74) is 8.14. The van der Waals surface area contributed by atoms with Crippen LogP contribution in [0.1, 0.15) is 0 Å². The molecule has 2 heterocycles. The standard InChI is InChI=1S/C12H8Cl2N4/c13-8-3-6-7(5-17-11(6)4-9(8)14)10-1-2-16-12(15)18-10/h1-5,17H,(H2,15,16,18). The number of nitrogens with zero attached hydrogens (tertiary/aromatic N) is 2. The van der Waals surface area contributed by atoms with E-state index in [9.17, 15) is 0 Å². The molecule has 0 saturated carbocycles. The molecule has 6 heteroatoms. The summed E-state index contributed by atoms with van der Waals surface area (Å²) >= 11 is 12.0. The van der Waals surface area contributed by atoms with Crippen LogP contribution < -0.4 is 5.73 Å². The van der Waals surface area contributed by atoms with Crippen molar-refractivity contribution >= 4 is 40.1 Å². The number of nitrogens with one attached hydrogen (secondary N) is 1. The summed E-state index contributed by atoms with van der Waals surface area (Å²) in [6.07, 6.45) is 3.47. The third-order valence-corrected chi connectivity index (χ3v) is 3.39. The maximum Gasteiger partial charge on any atom is 0.220 e. The van der Waals surface area contributed by atoms with E-state index in [2.05, 4.69) is 15.0 Å². The number of halogens is 2. The van der Waals surface area contributed by atoms with E-state index in [0.29, 0.717) is 10.0 Å². The third kappa shape index (κ3) is 1.79. The van der Waals surface area contributed by atoms with Crippen molar-refractivity contribution in [2.75, 3.05) is 5.73 Å². The van der Waals surface area contributed by atoms with Gasteiger partial charge in [-0.3, -0.25) is 0 Å². The Morgan fingerprint density at radius 3 is 2.72 bits per heavy atom. The highest BCUT2D eigenvalue weighted by atomic mass is 35.5. The van der Waals surface area contributed by atoms with Gasteiger partial charge in [0.15, 0.2) is 0 Å². The lowest BCUT2D eigenvalue weighted by Crippen LogP contribution is -1.94. The summed E-state index contributed by atoms with van der Waals surface area (Å²) in [5.74, 6) is 0.238. The number of hydrogen-bond donors (Lipinski definition) is 2. The molecule has 3 N–H and O–H groups in total. The Kier molecular flexibility index (Phi) is 2.61. The molecule has 0 amide bonds. The quantitative estimate of drug-likeness (QED) is 0.716. The molecule has 3 aromatic rings. The number of anilines is 1. The zero-order valence-corrected chi connectivity index (χ0v) is 10.6. The molecule has 0 aliphatic rings. The molecule has 90 valence electrons. The van der Waals surface area contributed by atoms with Gasteiger partial charge >= 0.3 is 0 Å². The maximum absolute atomic E-state index is 6.03. The number of fused-ring (bicyclic) bond motifs is 1. The summed E-state index contributed by atoms with van der Waals surface area (Å²) in [7, 11) is 0. The molecular formula is C12H8Cl2N4. The van der Waals surface area contributed by atoms with E-state index in [1.54, 1.807) is 18.3 Å². The van der Waals surface area contributed by atoms with E-state index in [-0.39, 0.29) is 5.95 Å². The van der Waals surface area contributed by atoms with E-state index >= 15 is 0 Å². The summed E-state index contributed by atoms with van der Waals surface area (Å²) in [5, 5.41) is 1.97. The van der Waals surface area contributed by atoms with Gasteiger partial charge in [0, 0.05) is 28.9 Å². The molecule has 0 atom stereocenters. The van der Waals surface area contributed by atoms with E-state index in [0.717, 1.165) is 22.2 Å². The van der Waals surface area contributed by atoms with Gasteiger partial charge in [-0.15, -0.1) is 0 Å². The smallest absolute Gasteiger partial charge is 0.220 e. The Bertz CT molecular complexity index is 736. The predicted octanol–water partition coefficient (Wildman–Crippen LogP) is 3.51. The van der Waals surface area contributed by atoms with Crippen LogP contribution in [-0.4, -0.2) is 15.0 Å². The first-order valence-corrected chi connectivity index (χ1v) is 5.96. The van der Waals surface area contributed by atoms with Crippen molar-refractivity contribution < 1.29 is 0 Å². The number of aromatic amines is 1. The molecule has 18 heavy (non-hydrogen) atoms. The van der Waals surface area contributed by atoms with Crippen LogP contribution in [0.25, 0.3) is 22.2 Å². The molecule has 0 bridgehead atoms. The van der Waals surface area contributed by atoms with Crippen LogP contribution in [0.3, 0.4) is 0 Å². The van der Waals surface area contributed by atoms with Crippen molar-refractivity contribution in [2.45, 2.75) is 0 Å². The number of benzene rings is 1. The molecule has 2 aromatic heterocycles. The molecule has 0 spiro atoms. The normalized spacial score (nSPS) is 11.0. The van der Waals surface area contributed by atoms with E-state index in [1.807, 2.05) is 12.3 Å². The Labute approximate surface area is 113 Å². The van der Waals surface area contributed by atoms with E-state index in [1.165, 1.54) is 0 Å². The van der Waals surface area contributed by atoms with Gasteiger partial charge in [0.05, 0.1) is 15.7 Å². The van der Waals surface area contributed by atoms with Gasteiger partial charge in [-0.05, 0) is 18.2 Å². The van der Waals surface area contributed by atoms with Crippen molar-refractivity contribution in [2.24, 2.45) is 0 Å². The Balaban J connectivity index is 2.27. The fourth-order valence-electron chi connectivity index (χ4n) is 1.85. The van der Waals surface area contributed by atoms with Crippen LogP contribution >= 0.6 is 23.2 Å². The Hall–Kier alpha value is -1.78. The fraction of sp³-hybridized carbons (Fsp3) is 0. The fourth-order valence-corrected chi connectivity index (χ4v) is 2.18. The van der Waals surface area contributed by atoms with Gasteiger partial charge in [-0.2, -0.15) is 0 Å². The summed E-state index contributed by atoms with van der Waals surface area (Å²) < 4.78 is 0. The highest BCUT2D eigenvalue weighted by molar-refractivity contribution is 6.42. The minimum Gasteiger partial charge on any atom is -0.368 e. The first-order valence-electron chi connectivity index (χ1n) is 5.20. The molecule has 0 fully saturated rings. The molecule has 4 nitrogen and oxygen atoms in total. The van der Waals surface area contributed by atoms with Gasteiger partial charge in [0.1, 0.15) is 0 Å². The van der Waals surface area contributed by atoms with Crippen molar-refractivity contribution in [1.82, 2.24) is 15.0 Å². The molecule has 0 aliphatic heterocycles.